The Morgan fingerprint density at radius 3 is 2.70 bits per heavy atom. The second-order valence-electron chi connectivity index (χ2n) is 5.12. The van der Waals surface area contributed by atoms with Crippen LogP contribution in [0.4, 0.5) is 0 Å². The van der Waals surface area contributed by atoms with Gasteiger partial charge in [-0.3, -0.25) is 4.90 Å². The van der Waals surface area contributed by atoms with Crippen LogP contribution < -0.4 is 0 Å². The molecule has 0 unspecified atom stereocenters. The summed E-state index contributed by atoms with van der Waals surface area (Å²) in [5, 5.41) is 3.88. The fourth-order valence-corrected chi connectivity index (χ4v) is 2.64. The van der Waals surface area contributed by atoms with Crippen LogP contribution in [-0.2, 0) is 9.47 Å². The van der Waals surface area contributed by atoms with E-state index in [2.05, 4.69) is 15.0 Å². The Labute approximate surface area is 120 Å². The summed E-state index contributed by atoms with van der Waals surface area (Å²) in [5.41, 5.74) is 0. The molecule has 1 saturated heterocycles. The van der Waals surface area contributed by atoms with E-state index in [1.54, 1.807) is 0 Å². The van der Waals surface area contributed by atoms with E-state index in [0.717, 1.165) is 38.4 Å². The molecule has 6 heteroatoms. The molecule has 1 aromatic rings. The van der Waals surface area contributed by atoms with Crippen LogP contribution >= 0.6 is 0 Å². The highest BCUT2D eigenvalue weighted by molar-refractivity contribution is 4.96. The van der Waals surface area contributed by atoms with Gasteiger partial charge in [0.25, 0.3) is 0 Å². The first-order valence-corrected chi connectivity index (χ1v) is 7.48. The molecule has 0 radical (unpaired) electrons. The zero-order valence-corrected chi connectivity index (χ0v) is 12.7. The Hall–Kier alpha value is -0.980. The van der Waals surface area contributed by atoms with E-state index in [9.17, 15) is 0 Å². The Kier molecular flexibility index (Phi) is 5.94. The van der Waals surface area contributed by atoms with Crippen LogP contribution in [0.2, 0.25) is 0 Å². The first-order valence-electron chi connectivity index (χ1n) is 7.48. The molecule has 1 fully saturated rings. The van der Waals surface area contributed by atoms with Gasteiger partial charge in [-0.25, -0.2) is 0 Å². The van der Waals surface area contributed by atoms with Crippen molar-refractivity contribution in [3.63, 3.8) is 0 Å². The number of piperidine rings is 1. The van der Waals surface area contributed by atoms with Gasteiger partial charge in [-0.15, -0.1) is 0 Å². The fourth-order valence-electron chi connectivity index (χ4n) is 2.64. The molecule has 0 N–H and O–H groups in total. The number of rotatable bonds is 7. The van der Waals surface area contributed by atoms with E-state index in [1.807, 2.05) is 20.8 Å². The normalized spacial score (nSPS) is 20.7. The maximum atomic E-state index is 5.61. The predicted octanol–water partition coefficient (Wildman–Crippen LogP) is 1.96. The van der Waals surface area contributed by atoms with Crippen molar-refractivity contribution in [1.29, 1.82) is 0 Å². The average molecular weight is 283 g/mol. The van der Waals surface area contributed by atoms with Gasteiger partial charge < -0.3 is 14.0 Å². The molecule has 0 amide bonds. The quantitative estimate of drug-likeness (QED) is 0.713. The summed E-state index contributed by atoms with van der Waals surface area (Å²) in [4.78, 5) is 6.72. The standard InChI is InChI=1S/C14H25N3O3/c1-4-18-13(19-5-2)10-17-8-6-7-12(9-17)14-15-11(3)16-20-14/h12-13H,4-10H2,1-3H3/t12-/m1/s1. The smallest absolute Gasteiger partial charge is 0.231 e. The van der Waals surface area contributed by atoms with Crippen molar-refractivity contribution < 1.29 is 14.0 Å². The summed E-state index contributed by atoms with van der Waals surface area (Å²) in [6.45, 7) is 9.98. The van der Waals surface area contributed by atoms with Gasteiger partial charge in [0.1, 0.15) is 0 Å². The Morgan fingerprint density at radius 1 is 1.35 bits per heavy atom. The molecule has 2 heterocycles. The third-order valence-corrected chi connectivity index (χ3v) is 3.51. The second-order valence-corrected chi connectivity index (χ2v) is 5.12. The largest absolute Gasteiger partial charge is 0.352 e. The van der Waals surface area contributed by atoms with Crippen molar-refractivity contribution in [3.05, 3.63) is 11.7 Å². The van der Waals surface area contributed by atoms with E-state index in [0.29, 0.717) is 25.0 Å². The summed E-state index contributed by atoms with van der Waals surface area (Å²) >= 11 is 0. The van der Waals surface area contributed by atoms with Gasteiger partial charge in [0, 0.05) is 26.3 Å². The van der Waals surface area contributed by atoms with Crippen LogP contribution in [0, 0.1) is 6.92 Å². The number of ether oxygens (including phenoxy) is 2. The van der Waals surface area contributed by atoms with Gasteiger partial charge in [-0.05, 0) is 40.2 Å². The lowest BCUT2D eigenvalue weighted by atomic mass is 9.98. The molecule has 1 aliphatic rings. The van der Waals surface area contributed by atoms with Crippen molar-refractivity contribution in [1.82, 2.24) is 15.0 Å². The summed E-state index contributed by atoms with van der Waals surface area (Å²) < 4.78 is 16.5. The zero-order valence-electron chi connectivity index (χ0n) is 12.7. The molecule has 1 aliphatic heterocycles. The van der Waals surface area contributed by atoms with E-state index in [-0.39, 0.29) is 6.29 Å². The summed E-state index contributed by atoms with van der Waals surface area (Å²) in [6, 6.07) is 0. The van der Waals surface area contributed by atoms with Crippen LogP contribution in [0.3, 0.4) is 0 Å². The molecule has 0 saturated carbocycles. The number of hydrogen-bond donors (Lipinski definition) is 0. The Bertz CT molecular complexity index is 391. The molecule has 114 valence electrons. The van der Waals surface area contributed by atoms with E-state index < -0.39 is 0 Å². The first kappa shape index (κ1) is 15.4. The number of hydrogen-bond acceptors (Lipinski definition) is 6. The Balaban J connectivity index is 1.89. The molecule has 0 spiro atoms. The highest BCUT2D eigenvalue weighted by Gasteiger charge is 2.27. The highest BCUT2D eigenvalue weighted by Crippen LogP contribution is 2.25. The molecular weight excluding hydrogens is 258 g/mol. The fraction of sp³-hybridized carbons (Fsp3) is 0.857. The SMILES string of the molecule is CCOC(CN1CCC[C@@H](c2nc(C)no2)C1)OCC. The minimum absolute atomic E-state index is 0.145. The molecule has 0 aromatic carbocycles. The van der Waals surface area contributed by atoms with E-state index in [1.165, 1.54) is 0 Å². The van der Waals surface area contributed by atoms with Gasteiger partial charge in [0.2, 0.25) is 5.89 Å². The van der Waals surface area contributed by atoms with Crippen molar-refractivity contribution in [3.8, 4) is 0 Å². The molecule has 0 bridgehead atoms. The van der Waals surface area contributed by atoms with E-state index in [4.69, 9.17) is 14.0 Å². The van der Waals surface area contributed by atoms with E-state index >= 15 is 0 Å². The second kappa shape index (κ2) is 7.71. The van der Waals surface area contributed by atoms with Crippen LogP contribution in [0.25, 0.3) is 0 Å². The van der Waals surface area contributed by atoms with Crippen molar-refractivity contribution in [2.75, 3.05) is 32.8 Å². The first-order chi connectivity index (χ1) is 9.72. The van der Waals surface area contributed by atoms with Gasteiger partial charge in [-0.1, -0.05) is 5.16 Å². The summed E-state index contributed by atoms with van der Waals surface area (Å²) in [7, 11) is 0. The van der Waals surface area contributed by atoms with Crippen LogP contribution in [0.15, 0.2) is 4.52 Å². The molecule has 2 rings (SSSR count). The maximum absolute atomic E-state index is 5.61. The lowest BCUT2D eigenvalue weighted by molar-refractivity contribution is -0.148. The summed E-state index contributed by atoms with van der Waals surface area (Å²) in [5.74, 6) is 1.80. The van der Waals surface area contributed by atoms with Crippen molar-refractivity contribution >= 4 is 0 Å². The van der Waals surface area contributed by atoms with Crippen LogP contribution in [0.5, 0.6) is 0 Å². The van der Waals surface area contributed by atoms with Gasteiger partial charge in [0.15, 0.2) is 12.1 Å². The molecular formula is C14H25N3O3. The maximum Gasteiger partial charge on any atom is 0.231 e. The predicted molar refractivity (Wildman–Crippen MR) is 74.5 cm³/mol. The highest BCUT2D eigenvalue weighted by atomic mass is 16.7. The molecule has 20 heavy (non-hydrogen) atoms. The monoisotopic (exact) mass is 283 g/mol. The third kappa shape index (κ3) is 4.26. The molecule has 1 atom stereocenters. The molecule has 1 aromatic heterocycles. The zero-order chi connectivity index (χ0) is 14.4. The molecule has 0 aliphatic carbocycles. The van der Waals surface area contributed by atoms with Gasteiger partial charge in [-0.2, -0.15) is 4.98 Å². The Morgan fingerprint density at radius 2 is 2.10 bits per heavy atom. The van der Waals surface area contributed by atoms with Crippen molar-refractivity contribution in [2.45, 2.75) is 45.8 Å². The minimum Gasteiger partial charge on any atom is -0.352 e. The third-order valence-electron chi connectivity index (χ3n) is 3.51. The lowest BCUT2D eigenvalue weighted by Crippen LogP contribution is -2.41. The van der Waals surface area contributed by atoms with Crippen LogP contribution in [0.1, 0.15) is 44.3 Å². The summed E-state index contributed by atoms with van der Waals surface area (Å²) in [6.07, 6.45) is 2.09. The topological polar surface area (TPSA) is 60.6 Å². The van der Waals surface area contributed by atoms with Gasteiger partial charge >= 0.3 is 0 Å². The lowest BCUT2D eigenvalue weighted by Gasteiger charge is -2.33. The van der Waals surface area contributed by atoms with Crippen molar-refractivity contribution in [2.24, 2.45) is 0 Å². The number of nitrogens with zero attached hydrogens (tertiary/aromatic N) is 3. The van der Waals surface area contributed by atoms with Gasteiger partial charge in [0.05, 0.1) is 5.92 Å². The van der Waals surface area contributed by atoms with Crippen LogP contribution in [-0.4, -0.2) is 54.2 Å². The number of aryl methyl sites for hydroxylation is 1. The number of aromatic nitrogens is 2. The molecule has 6 nitrogen and oxygen atoms in total. The number of likely N-dealkylation sites (tertiary alicyclic amines) is 1. The average Bonchev–Trinajstić information content (AvgIpc) is 2.86. The minimum atomic E-state index is -0.145.